The van der Waals surface area contributed by atoms with Crippen molar-refractivity contribution in [3.63, 3.8) is 0 Å². The summed E-state index contributed by atoms with van der Waals surface area (Å²) < 4.78 is 39.1. The molecule has 1 aliphatic carbocycles. The summed E-state index contributed by atoms with van der Waals surface area (Å²) in [5.41, 5.74) is 0.125. The lowest BCUT2D eigenvalue weighted by molar-refractivity contribution is -0.142. The molecule has 1 aliphatic rings. The third-order valence-electron chi connectivity index (χ3n) is 3.66. The van der Waals surface area contributed by atoms with Gasteiger partial charge in [0.25, 0.3) is 0 Å². The third kappa shape index (κ3) is 2.85. The predicted octanol–water partition coefficient (Wildman–Crippen LogP) is 3.89. The van der Waals surface area contributed by atoms with Gasteiger partial charge in [0.15, 0.2) is 5.69 Å². The normalized spacial score (nSPS) is 18.1. The maximum absolute atomic E-state index is 12.9. The van der Waals surface area contributed by atoms with E-state index < -0.39 is 17.8 Å². The number of aromatic nitrogens is 2. The zero-order chi connectivity index (χ0) is 15.9. The van der Waals surface area contributed by atoms with Gasteiger partial charge in [-0.3, -0.25) is 9.89 Å². The second-order valence-corrected chi connectivity index (χ2v) is 6.58. The molecule has 0 aliphatic heterocycles. The van der Waals surface area contributed by atoms with Crippen LogP contribution in [0.3, 0.4) is 0 Å². The molecule has 0 fully saturated rings. The van der Waals surface area contributed by atoms with Crippen molar-refractivity contribution in [2.75, 3.05) is 5.32 Å². The number of amides is 1. The number of thiophene rings is 1. The first kappa shape index (κ1) is 15.4. The van der Waals surface area contributed by atoms with Crippen molar-refractivity contribution in [3.8, 4) is 0 Å². The highest BCUT2D eigenvalue weighted by Gasteiger charge is 2.40. The topological polar surface area (TPSA) is 57.8 Å². The highest BCUT2D eigenvalue weighted by atomic mass is 35.5. The molecule has 0 spiro atoms. The summed E-state index contributed by atoms with van der Waals surface area (Å²) in [6.45, 7) is 0. The highest BCUT2D eigenvalue weighted by Crippen LogP contribution is 2.36. The first-order chi connectivity index (χ1) is 10.4. The minimum absolute atomic E-state index is 0.0221. The fourth-order valence-corrected chi connectivity index (χ4v) is 3.40. The molecule has 2 aromatic rings. The molecule has 0 aromatic carbocycles. The fourth-order valence-electron chi connectivity index (χ4n) is 2.57. The number of aromatic amines is 1. The molecule has 4 nitrogen and oxygen atoms in total. The van der Waals surface area contributed by atoms with Crippen molar-refractivity contribution in [2.45, 2.75) is 25.4 Å². The van der Waals surface area contributed by atoms with E-state index in [1.54, 1.807) is 11.4 Å². The number of halogens is 4. The SMILES string of the molecule is O=C(Nc1ccsc1Cl)C1CCc2[nH]nc(C(F)(F)F)c2C1. The van der Waals surface area contributed by atoms with Crippen LogP contribution in [0, 0.1) is 5.92 Å². The lowest BCUT2D eigenvalue weighted by atomic mass is 9.85. The molecule has 0 saturated heterocycles. The molecule has 9 heteroatoms. The van der Waals surface area contributed by atoms with Gasteiger partial charge in [-0.25, -0.2) is 0 Å². The summed E-state index contributed by atoms with van der Waals surface area (Å²) in [6, 6.07) is 1.66. The summed E-state index contributed by atoms with van der Waals surface area (Å²) in [6.07, 6.45) is -3.65. The maximum atomic E-state index is 12.9. The molecular weight excluding hydrogens is 339 g/mol. The summed E-state index contributed by atoms with van der Waals surface area (Å²) in [5, 5.41) is 10.2. The zero-order valence-corrected chi connectivity index (χ0v) is 12.7. The Bertz CT molecular complexity index is 710. The number of hydrogen-bond donors (Lipinski definition) is 2. The Labute approximate surface area is 132 Å². The number of carbonyl (C=O) groups is 1. The second-order valence-electron chi connectivity index (χ2n) is 5.06. The maximum Gasteiger partial charge on any atom is 0.435 e. The van der Waals surface area contributed by atoms with Crippen molar-refractivity contribution in [1.29, 1.82) is 0 Å². The highest BCUT2D eigenvalue weighted by molar-refractivity contribution is 7.15. The van der Waals surface area contributed by atoms with Crippen molar-refractivity contribution in [2.24, 2.45) is 5.92 Å². The van der Waals surface area contributed by atoms with Crippen LogP contribution < -0.4 is 5.32 Å². The minimum Gasteiger partial charge on any atom is -0.324 e. The molecule has 3 rings (SSSR count). The smallest absolute Gasteiger partial charge is 0.324 e. The van der Waals surface area contributed by atoms with Crippen LogP contribution in [0.1, 0.15) is 23.4 Å². The van der Waals surface area contributed by atoms with Gasteiger partial charge < -0.3 is 5.32 Å². The summed E-state index contributed by atoms with van der Waals surface area (Å²) >= 11 is 7.19. The van der Waals surface area contributed by atoms with E-state index in [1.807, 2.05) is 0 Å². The van der Waals surface area contributed by atoms with E-state index in [2.05, 4.69) is 15.5 Å². The number of rotatable bonds is 2. The van der Waals surface area contributed by atoms with E-state index in [0.29, 0.717) is 28.6 Å². The molecular formula is C13H11ClF3N3OS. The molecule has 0 radical (unpaired) electrons. The van der Waals surface area contributed by atoms with E-state index in [4.69, 9.17) is 11.6 Å². The molecule has 118 valence electrons. The van der Waals surface area contributed by atoms with E-state index >= 15 is 0 Å². The van der Waals surface area contributed by atoms with Crippen molar-refractivity contribution in [1.82, 2.24) is 10.2 Å². The van der Waals surface area contributed by atoms with Crippen LogP contribution in [-0.2, 0) is 23.8 Å². The summed E-state index contributed by atoms with van der Waals surface area (Å²) in [4.78, 5) is 12.2. The molecule has 2 heterocycles. The molecule has 1 atom stereocenters. The number of nitrogens with zero attached hydrogens (tertiary/aromatic N) is 1. The Morgan fingerprint density at radius 3 is 2.91 bits per heavy atom. The van der Waals surface area contributed by atoms with Gasteiger partial charge in [0.05, 0.1) is 5.69 Å². The zero-order valence-electron chi connectivity index (χ0n) is 11.1. The number of nitrogens with one attached hydrogen (secondary N) is 2. The summed E-state index contributed by atoms with van der Waals surface area (Å²) in [7, 11) is 0. The Kier molecular flexibility index (Phi) is 3.90. The molecule has 22 heavy (non-hydrogen) atoms. The number of hydrogen-bond acceptors (Lipinski definition) is 3. The van der Waals surface area contributed by atoms with Gasteiger partial charge in [-0.2, -0.15) is 18.3 Å². The Hall–Kier alpha value is -1.54. The van der Waals surface area contributed by atoms with Gasteiger partial charge in [-0.1, -0.05) is 11.6 Å². The molecule has 0 bridgehead atoms. The molecule has 1 unspecified atom stereocenters. The molecule has 0 saturated carbocycles. The van der Waals surface area contributed by atoms with E-state index in [1.165, 1.54) is 11.3 Å². The van der Waals surface area contributed by atoms with E-state index in [-0.39, 0.29) is 17.9 Å². The first-order valence-corrected chi connectivity index (χ1v) is 7.79. The quantitative estimate of drug-likeness (QED) is 0.864. The van der Waals surface area contributed by atoms with E-state index in [9.17, 15) is 18.0 Å². The lowest BCUT2D eigenvalue weighted by Gasteiger charge is -2.22. The standard InChI is InChI=1S/C13H11ClF3N3OS/c14-11-9(3-4-22-11)18-12(21)6-1-2-8-7(5-6)10(20-19-8)13(15,16)17/h3-4,6H,1-2,5H2,(H,18,21)(H,19,20). The Morgan fingerprint density at radius 2 is 2.27 bits per heavy atom. The van der Waals surface area contributed by atoms with Crippen LogP contribution >= 0.6 is 22.9 Å². The van der Waals surface area contributed by atoms with Crippen LogP contribution in [0.5, 0.6) is 0 Å². The number of fused-ring (bicyclic) bond motifs is 1. The number of H-pyrrole nitrogens is 1. The van der Waals surface area contributed by atoms with E-state index in [0.717, 1.165) is 0 Å². The summed E-state index contributed by atoms with van der Waals surface area (Å²) in [5.74, 6) is -0.845. The largest absolute Gasteiger partial charge is 0.435 e. The van der Waals surface area contributed by atoms with Gasteiger partial charge in [0, 0.05) is 17.2 Å². The first-order valence-electron chi connectivity index (χ1n) is 6.53. The number of aryl methyl sites for hydroxylation is 1. The molecule has 1 amide bonds. The van der Waals surface area contributed by atoms with Crippen LogP contribution in [-0.4, -0.2) is 16.1 Å². The van der Waals surface area contributed by atoms with Gasteiger partial charge in [0.2, 0.25) is 5.91 Å². The lowest BCUT2D eigenvalue weighted by Crippen LogP contribution is -2.28. The predicted molar refractivity (Wildman–Crippen MR) is 77.1 cm³/mol. The molecule has 2 N–H and O–H groups in total. The fraction of sp³-hybridized carbons (Fsp3) is 0.385. The second kappa shape index (κ2) is 5.58. The minimum atomic E-state index is -4.51. The monoisotopic (exact) mass is 349 g/mol. The van der Waals surface area contributed by atoms with Gasteiger partial charge >= 0.3 is 6.18 Å². The van der Waals surface area contributed by atoms with Crippen molar-refractivity contribution in [3.05, 3.63) is 32.7 Å². The number of alkyl halides is 3. The Morgan fingerprint density at radius 1 is 1.50 bits per heavy atom. The van der Waals surface area contributed by atoms with Gasteiger partial charge in [-0.15, -0.1) is 11.3 Å². The Balaban J connectivity index is 1.78. The van der Waals surface area contributed by atoms with Gasteiger partial charge in [-0.05, 0) is 30.7 Å². The number of anilines is 1. The number of carbonyl (C=O) groups excluding carboxylic acids is 1. The van der Waals surface area contributed by atoms with Crippen LogP contribution in [0.4, 0.5) is 18.9 Å². The van der Waals surface area contributed by atoms with Crippen LogP contribution in [0.2, 0.25) is 4.34 Å². The average Bonchev–Trinajstić information content (AvgIpc) is 3.04. The van der Waals surface area contributed by atoms with Crippen molar-refractivity contribution >= 4 is 34.5 Å². The average molecular weight is 350 g/mol. The van der Waals surface area contributed by atoms with Crippen LogP contribution in [0.15, 0.2) is 11.4 Å². The third-order valence-corrected chi connectivity index (χ3v) is 4.83. The van der Waals surface area contributed by atoms with Crippen LogP contribution in [0.25, 0.3) is 0 Å². The van der Waals surface area contributed by atoms with Gasteiger partial charge in [0.1, 0.15) is 4.34 Å². The molecule has 2 aromatic heterocycles. The van der Waals surface area contributed by atoms with Crippen molar-refractivity contribution < 1.29 is 18.0 Å².